The Kier molecular flexibility index (Phi) is 5.59. The Bertz CT molecular complexity index is 781. The first kappa shape index (κ1) is 19.5. The van der Waals surface area contributed by atoms with Gasteiger partial charge in [0.05, 0.1) is 10.7 Å². The van der Waals surface area contributed by atoms with Crippen LogP contribution >= 0.6 is 23.4 Å². The van der Waals surface area contributed by atoms with Gasteiger partial charge >= 0.3 is 6.18 Å². The number of hydrogen-bond donors (Lipinski definition) is 2. The van der Waals surface area contributed by atoms with Crippen LogP contribution in [0.1, 0.15) is 13.8 Å². The highest BCUT2D eigenvalue weighted by Crippen LogP contribution is 2.34. The quantitative estimate of drug-likeness (QED) is 0.808. The first-order valence-corrected chi connectivity index (χ1v) is 8.09. The van der Waals surface area contributed by atoms with Crippen LogP contribution in [0, 0.1) is 0 Å². The third-order valence-electron chi connectivity index (χ3n) is 3.19. The number of hydrogen-bond acceptors (Lipinski definition) is 6. The fraction of sp³-hybridized carbons (Fsp3) is 0.385. The van der Waals surface area contributed by atoms with Crippen molar-refractivity contribution >= 4 is 35.0 Å². The summed E-state index contributed by atoms with van der Waals surface area (Å²) in [7, 11) is 0. The summed E-state index contributed by atoms with van der Waals surface area (Å²) in [6, 6.07) is 4.30. The predicted octanol–water partition coefficient (Wildman–Crippen LogP) is 2.75. The van der Waals surface area contributed by atoms with Crippen LogP contribution in [0.15, 0.2) is 28.3 Å². The number of anilines is 1. The van der Waals surface area contributed by atoms with Gasteiger partial charge in [-0.2, -0.15) is 13.2 Å². The number of carbonyl (C=O) groups is 1. The number of aryl methyl sites for hydroxylation is 1. The summed E-state index contributed by atoms with van der Waals surface area (Å²) >= 11 is 7.20. The lowest BCUT2D eigenvalue weighted by Gasteiger charge is -2.25. The minimum atomic E-state index is -5.11. The van der Waals surface area contributed by atoms with E-state index in [1.165, 1.54) is 30.0 Å². The van der Waals surface area contributed by atoms with Gasteiger partial charge < -0.3 is 10.4 Å². The van der Waals surface area contributed by atoms with Crippen molar-refractivity contribution in [1.82, 2.24) is 20.2 Å². The zero-order valence-corrected chi connectivity index (χ0v) is 14.6. The van der Waals surface area contributed by atoms with Gasteiger partial charge in [0, 0.05) is 11.4 Å². The molecule has 2 rings (SSSR count). The van der Waals surface area contributed by atoms with Crippen molar-refractivity contribution in [3.05, 3.63) is 23.2 Å². The second kappa shape index (κ2) is 7.18. The van der Waals surface area contributed by atoms with Crippen LogP contribution in [0.5, 0.6) is 0 Å². The van der Waals surface area contributed by atoms with Gasteiger partial charge in [-0.3, -0.25) is 4.79 Å². The maximum atomic E-state index is 12.7. The summed E-state index contributed by atoms with van der Waals surface area (Å²) in [5.74, 6) is -1.63. The van der Waals surface area contributed by atoms with E-state index < -0.39 is 17.7 Å². The minimum absolute atomic E-state index is 0.00634. The Labute approximate surface area is 149 Å². The van der Waals surface area contributed by atoms with E-state index in [1.54, 1.807) is 4.68 Å². The van der Waals surface area contributed by atoms with E-state index in [0.29, 0.717) is 23.5 Å². The van der Waals surface area contributed by atoms with Crippen LogP contribution in [-0.4, -0.2) is 43.0 Å². The summed E-state index contributed by atoms with van der Waals surface area (Å²) in [5, 5.41) is 23.0. The number of rotatable bonds is 5. The van der Waals surface area contributed by atoms with Crippen LogP contribution in [0.2, 0.25) is 5.02 Å². The normalized spacial score (nSPS) is 14.2. The fourth-order valence-electron chi connectivity index (χ4n) is 1.61. The highest BCUT2D eigenvalue weighted by molar-refractivity contribution is 7.99. The largest absolute Gasteiger partial charge is 0.426 e. The lowest BCUT2D eigenvalue weighted by atomic mass is 10.1. The summed E-state index contributed by atoms with van der Waals surface area (Å²) in [6.45, 7) is 2.79. The number of amides is 1. The Morgan fingerprint density at radius 2 is 2.12 bits per heavy atom. The Hall–Kier alpha value is -1.85. The number of carbonyl (C=O) groups excluding carboxylic acids is 1. The molecule has 2 aromatic rings. The lowest BCUT2D eigenvalue weighted by molar-refractivity contribution is -0.242. The van der Waals surface area contributed by atoms with E-state index in [0.717, 1.165) is 0 Å². The maximum Gasteiger partial charge on any atom is 0.426 e. The van der Waals surface area contributed by atoms with Gasteiger partial charge in [-0.15, -0.1) is 5.10 Å². The minimum Gasteiger partial charge on any atom is -0.373 e. The average Bonchev–Trinajstić information content (AvgIpc) is 2.95. The molecule has 2 N–H and O–H groups in total. The van der Waals surface area contributed by atoms with Gasteiger partial charge in [0.1, 0.15) is 0 Å². The molecular weight excluding hydrogens is 383 g/mol. The van der Waals surface area contributed by atoms with Crippen molar-refractivity contribution in [2.75, 3.05) is 5.32 Å². The number of halogens is 4. The first-order chi connectivity index (χ1) is 11.6. The molecule has 25 heavy (non-hydrogen) atoms. The number of alkyl halides is 3. The van der Waals surface area contributed by atoms with Crippen molar-refractivity contribution in [3.63, 3.8) is 0 Å². The third kappa shape index (κ3) is 4.22. The summed E-state index contributed by atoms with van der Waals surface area (Å²) < 4.78 is 39.5. The van der Waals surface area contributed by atoms with Crippen molar-refractivity contribution in [2.45, 2.75) is 42.2 Å². The van der Waals surface area contributed by atoms with Crippen LogP contribution in [-0.2, 0) is 11.3 Å². The Morgan fingerprint density at radius 1 is 1.44 bits per heavy atom. The lowest BCUT2D eigenvalue weighted by Crippen LogP contribution is -2.52. The summed E-state index contributed by atoms with van der Waals surface area (Å²) in [6.07, 6.45) is -5.11. The van der Waals surface area contributed by atoms with E-state index in [2.05, 4.69) is 15.5 Å². The molecule has 0 aliphatic carbocycles. The second-order valence-electron chi connectivity index (χ2n) is 5.05. The standard InChI is InChI=1S/C13H13ClF3N5O2S/c1-3-22-11(19-20-21-22)25-7-4-5-9(8(14)6-7)18-10(23)12(2,24)13(15,16)17/h4-6,24H,3H2,1-2H3,(H,18,23). The molecule has 136 valence electrons. The predicted molar refractivity (Wildman–Crippen MR) is 84.4 cm³/mol. The molecule has 7 nitrogen and oxygen atoms in total. The molecule has 1 aromatic heterocycles. The molecule has 12 heteroatoms. The number of aromatic nitrogens is 4. The van der Waals surface area contributed by atoms with Crippen molar-refractivity contribution in [2.24, 2.45) is 0 Å². The molecule has 1 atom stereocenters. The molecular formula is C13H13ClF3N5O2S. The molecule has 0 saturated carbocycles. The summed E-state index contributed by atoms with van der Waals surface area (Å²) in [4.78, 5) is 12.3. The zero-order valence-electron chi connectivity index (χ0n) is 13.0. The molecule has 0 aliphatic heterocycles. The van der Waals surface area contributed by atoms with Gasteiger partial charge in [-0.25, -0.2) is 4.68 Å². The van der Waals surface area contributed by atoms with Gasteiger partial charge in [0.2, 0.25) is 10.8 Å². The number of aliphatic hydroxyl groups is 1. The third-order valence-corrected chi connectivity index (χ3v) is 4.47. The number of benzene rings is 1. The molecule has 1 amide bonds. The van der Waals surface area contributed by atoms with E-state index in [-0.39, 0.29) is 10.7 Å². The fourth-order valence-corrected chi connectivity index (χ4v) is 2.77. The smallest absolute Gasteiger partial charge is 0.373 e. The van der Waals surface area contributed by atoms with Gasteiger partial charge in [-0.05, 0) is 54.2 Å². The van der Waals surface area contributed by atoms with Crippen LogP contribution in [0.4, 0.5) is 18.9 Å². The van der Waals surface area contributed by atoms with E-state index >= 15 is 0 Å². The van der Waals surface area contributed by atoms with Crippen molar-refractivity contribution < 1.29 is 23.1 Å². The van der Waals surface area contributed by atoms with Crippen molar-refractivity contribution in [1.29, 1.82) is 0 Å². The average molecular weight is 396 g/mol. The van der Waals surface area contributed by atoms with Crippen molar-refractivity contribution in [3.8, 4) is 0 Å². The van der Waals surface area contributed by atoms with Crippen LogP contribution < -0.4 is 5.32 Å². The van der Waals surface area contributed by atoms with E-state index in [1.807, 2.05) is 12.2 Å². The molecule has 0 saturated heterocycles. The Morgan fingerprint density at radius 3 is 2.68 bits per heavy atom. The maximum absolute atomic E-state index is 12.7. The summed E-state index contributed by atoms with van der Waals surface area (Å²) in [5.41, 5.74) is -3.59. The molecule has 1 aromatic carbocycles. The van der Waals surface area contributed by atoms with Crippen LogP contribution in [0.25, 0.3) is 0 Å². The molecule has 0 fully saturated rings. The topological polar surface area (TPSA) is 92.9 Å². The van der Waals surface area contributed by atoms with Gasteiger partial charge in [0.15, 0.2) is 0 Å². The first-order valence-electron chi connectivity index (χ1n) is 6.90. The second-order valence-corrected chi connectivity index (χ2v) is 6.49. The number of tetrazole rings is 1. The van der Waals surface area contributed by atoms with Crippen LogP contribution in [0.3, 0.4) is 0 Å². The van der Waals surface area contributed by atoms with Gasteiger partial charge in [0.25, 0.3) is 5.91 Å². The SMILES string of the molecule is CCn1nnnc1Sc1ccc(NC(=O)C(C)(O)C(F)(F)F)c(Cl)c1. The zero-order chi connectivity index (χ0) is 18.8. The molecule has 1 heterocycles. The molecule has 1 unspecified atom stereocenters. The highest BCUT2D eigenvalue weighted by atomic mass is 35.5. The monoisotopic (exact) mass is 395 g/mol. The van der Waals surface area contributed by atoms with E-state index in [4.69, 9.17) is 11.6 Å². The molecule has 0 aliphatic rings. The number of nitrogens with zero attached hydrogens (tertiary/aromatic N) is 4. The van der Waals surface area contributed by atoms with Gasteiger partial charge in [-0.1, -0.05) is 11.6 Å². The van der Waals surface area contributed by atoms with E-state index in [9.17, 15) is 23.1 Å². The molecule has 0 radical (unpaired) electrons. The Balaban J connectivity index is 2.16. The molecule has 0 spiro atoms. The molecule has 0 bridgehead atoms. The highest BCUT2D eigenvalue weighted by Gasteiger charge is 2.55. The number of nitrogens with one attached hydrogen (secondary N) is 1.